The smallest absolute Gasteiger partial charge is 0.223 e. The summed E-state index contributed by atoms with van der Waals surface area (Å²) in [6.07, 6.45) is -0.0146. The third kappa shape index (κ3) is 5.16. The van der Waals surface area contributed by atoms with E-state index < -0.39 is 9.84 Å². The number of carbonyl (C=O) groups excluding carboxylic acids is 1. The SMILES string of the molecule is Cc1ccc(S(=O)(=O)CCC(=O)N(C)Cc2ccc(Br)s2)cc1. The van der Waals surface area contributed by atoms with E-state index in [1.165, 1.54) is 0 Å². The van der Waals surface area contributed by atoms with Gasteiger partial charge in [0.2, 0.25) is 5.91 Å². The molecule has 0 aliphatic rings. The lowest BCUT2D eigenvalue weighted by atomic mass is 10.2. The number of hydrogen-bond donors (Lipinski definition) is 0. The van der Waals surface area contributed by atoms with E-state index in [2.05, 4.69) is 15.9 Å². The van der Waals surface area contributed by atoms with E-state index in [-0.39, 0.29) is 23.0 Å². The highest BCUT2D eigenvalue weighted by Gasteiger charge is 2.18. The van der Waals surface area contributed by atoms with Crippen LogP contribution in [0, 0.1) is 6.92 Å². The second kappa shape index (κ2) is 7.59. The number of thiophene rings is 1. The zero-order chi connectivity index (χ0) is 17.0. The molecule has 1 amide bonds. The van der Waals surface area contributed by atoms with Gasteiger partial charge in [-0.2, -0.15) is 0 Å². The molecule has 1 aromatic carbocycles. The normalized spacial score (nSPS) is 11.4. The molecule has 0 bridgehead atoms. The molecule has 1 heterocycles. The van der Waals surface area contributed by atoms with E-state index in [4.69, 9.17) is 0 Å². The Bertz CT molecular complexity index is 782. The molecule has 0 fully saturated rings. The van der Waals surface area contributed by atoms with Crippen LogP contribution in [-0.4, -0.2) is 32.0 Å². The molecule has 124 valence electrons. The lowest BCUT2D eigenvalue weighted by Crippen LogP contribution is -2.27. The molecule has 4 nitrogen and oxygen atoms in total. The maximum Gasteiger partial charge on any atom is 0.223 e. The van der Waals surface area contributed by atoms with Crippen molar-refractivity contribution >= 4 is 43.0 Å². The maximum absolute atomic E-state index is 12.3. The van der Waals surface area contributed by atoms with Crippen LogP contribution in [0.4, 0.5) is 0 Å². The van der Waals surface area contributed by atoms with Gasteiger partial charge in [-0.1, -0.05) is 17.7 Å². The molecule has 23 heavy (non-hydrogen) atoms. The number of hydrogen-bond acceptors (Lipinski definition) is 4. The van der Waals surface area contributed by atoms with Crippen molar-refractivity contribution in [2.24, 2.45) is 0 Å². The molecule has 0 radical (unpaired) electrons. The number of halogens is 1. The minimum absolute atomic E-state index is 0.0146. The third-order valence-electron chi connectivity index (χ3n) is 3.41. The van der Waals surface area contributed by atoms with E-state index in [0.717, 1.165) is 14.2 Å². The van der Waals surface area contributed by atoms with Crippen LogP contribution >= 0.6 is 27.3 Å². The van der Waals surface area contributed by atoms with Crippen LogP contribution in [0.15, 0.2) is 45.1 Å². The Balaban J connectivity index is 1.93. The fourth-order valence-corrected chi connectivity index (χ4v) is 4.80. The van der Waals surface area contributed by atoms with Crippen LogP contribution in [-0.2, 0) is 21.2 Å². The molecule has 0 atom stereocenters. The summed E-state index contributed by atoms with van der Waals surface area (Å²) in [7, 11) is -1.74. The van der Waals surface area contributed by atoms with Crippen molar-refractivity contribution in [3.8, 4) is 0 Å². The predicted molar refractivity (Wildman–Crippen MR) is 96.3 cm³/mol. The lowest BCUT2D eigenvalue weighted by Gasteiger charge is -2.16. The molecule has 2 rings (SSSR count). The van der Waals surface area contributed by atoms with Gasteiger partial charge >= 0.3 is 0 Å². The summed E-state index contributed by atoms with van der Waals surface area (Å²) < 4.78 is 25.5. The van der Waals surface area contributed by atoms with Crippen molar-refractivity contribution in [1.82, 2.24) is 4.90 Å². The summed E-state index contributed by atoms with van der Waals surface area (Å²) in [5.74, 6) is -0.349. The van der Waals surface area contributed by atoms with Crippen molar-refractivity contribution in [2.75, 3.05) is 12.8 Å². The molecule has 0 spiro atoms. The number of rotatable bonds is 6. The van der Waals surface area contributed by atoms with Crippen LogP contribution in [0.1, 0.15) is 16.9 Å². The Kier molecular flexibility index (Phi) is 6.00. The van der Waals surface area contributed by atoms with Gasteiger partial charge in [-0.15, -0.1) is 11.3 Å². The highest BCUT2D eigenvalue weighted by Crippen LogP contribution is 2.23. The molecule has 0 N–H and O–H groups in total. The fourth-order valence-electron chi connectivity index (χ4n) is 2.03. The van der Waals surface area contributed by atoms with Gasteiger partial charge in [0.05, 0.1) is 21.0 Å². The first kappa shape index (κ1) is 18.2. The number of carbonyl (C=O) groups is 1. The molecular formula is C16H18BrNO3S2. The zero-order valence-electron chi connectivity index (χ0n) is 13.0. The van der Waals surface area contributed by atoms with Crippen LogP contribution < -0.4 is 0 Å². The second-order valence-corrected chi connectivity index (χ2v) is 9.99. The number of aryl methyl sites for hydroxylation is 1. The third-order valence-corrected chi connectivity index (χ3v) is 6.75. The van der Waals surface area contributed by atoms with Crippen molar-refractivity contribution < 1.29 is 13.2 Å². The second-order valence-electron chi connectivity index (χ2n) is 5.34. The molecule has 1 aromatic heterocycles. The quantitative estimate of drug-likeness (QED) is 0.723. The predicted octanol–water partition coefficient (Wildman–Crippen LogP) is 3.64. The van der Waals surface area contributed by atoms with Gasteiger partial charge in [0, 0.05) is 18.3 Å². The minimum Gasteiger partial charge on any atom is -0.341 e. The number of sulfone groups is 1. The maximum atomic E-state index is 12.3. The summed E-state index contributed by atoms with van der Waals surface area (Å²) in [5.41, 5.74) is 1.00. The zero-order valence-corrected chi connectivity index (χ0v) is 16.2. The first-order chi connectivity index (χ1) is 10.8. The van der Waals surface area contributed by atoms with Crippen LogP contribution in [0.25, 0.3) is 0 Å². The summed E-state index contributed by atoms with van der Waals surface area (Å²) in [6, 6.07) is 10.6. The number of nitrogens with zero attached hydrogens (tertiary/aromatic N) is 1. The Labute approximate surface area is 149 Å². The molecule has 0 unspecified atom stereocenters. The fraction of sp³-hybridized carbons (Fsp3) is 0.312. The Morgan fingerprint density at radius 3 is 2.39 bits per heavy atom. The Hall–Kier alpha value is -1.18. The first-order valence-electron chi connectivity index (χ1n) is 7.05. The van der Waals surface area contributed by atoms with Crippen molar-refractivity contribution in [1.29, 1.82) is 0 Å². The average molecular weight is 416 g/mol. The van der Waals surface area contributed by atoms with Crippen LogP contribution in [0.5, 0.6) is 0 Å². The first-order valence-corrected chi connectivity index (χ1v) is 10.3. The molecule has 0 aliphatic heterocycles. The Morgan fingerprint density at radius 1 is 1.17 bits per heavy atom. The standard InChI is InChI=1S/C16H18BrNO3S2/c1-12-3-6-14(7-4-12)23(20,21)10-9-16(19)18(2)11-13-5-8-15(17)22-13/h3-8H,9-11H2,1-2H3. The van der Waals surface area contributed by atoms with Crippen molar-refractivity contribution in [3.05, 3.63) is 50.6 Å². The Morgan fingerprint density at radius 2 is 1.83 bits per heavy atom. The van der Waals surface area contributed by atoms with E-state index in [1.807, 2.05) is 19.1 Å². The van der Waals surface area contributed by atoms with Gasteiger partial charge in [0.1, 0.15) is 0 Å². The molecular weight excluding hydrogens is 398 g/mol. The van der Waals surface area contributed by atoms with Gasteiger partial charge in [0.15, 0.2) is 9.84 Å². The van der Waals surface area contributed by atoms with Crippen molar-refractivity contribution in [3.63, 3.8) is 0 Å². The van der Waals surface area contributed by atoms with E-state index >= 15 is 0 Å². The summed E-state index contributed by atoms with van der Waals surface area (Å²) in [4.78, 5) is 15.0. The molecule has 0 saturated carbocycles. The monoisotopic (exact) mass is 415 g/mol. The average Bonchev–Trinajstić information content (AvgIpc) is 2.90. The van der Waals surface area contributed by atoms with E-state index in [9.17, 15) is 13.2 Å². The summed E-state index contributed by atoms with van der Waals surface area (Å²) in [5, 5.41) is 0. The summed E-state index contributed by atoms with van der Waals surface area (Å²) in [6.45, 7) is 2.39. The largest absolute Gasteiger partial charge is 0.341 e. The van der Waals surface area contributed by atoms with Gasteiger partial charge < -0.3 is 4.90 Å². The van der Waals surface area contributed by atoms with E-state index in [1.54, 1.807) is 47.5 Å². The topological polar surface area (TPSA) is 54.5 Å². The molecule has 2 aromatic rings. The van der Waals surface area contributed by atoms with Gasteiger partial charge in [0.25, 0.3) is 0 Å². The van der Waals surface area contributed by atoms with Crippen molar-refractivity contribution in [2.45, 2.75) is 24.8 Å². The number of benzene rings is 1. The molecule has 0 saturated heterocycles. The highest BCUT2D eigenvalue weighted by atomic mass is 79.9. The number of amides is 1. The van der Waals surface area contributed by atoms with E-state index in [0.29, 0.717) is 6.54 Å². The van der Waals surface area contributed by atoms with Crippen LogP contribution in [0.3, 0.4) is 0 Å². The minimum atomic E-state index is -3.43. The lowest BCUT2D eigenvalue weighted by molar-refractivity contribution is -0.129. The highest BCUT2D eigenvalue weighted by molar-refractivity contribution is 9.11. The van der Waals surface area contributed by atoms with Gasteiger partial charge in [-0.3, -0.25) is 4.79 Å². The molecule has 7 heteroatoms. The van der Waals surface area contributed by atoms with Gasteiger partial charge in [-0.05, 0) is 47.1 Å². The van der Waals surface area contributed by atoms with Crippen LogP contribution in [0.2, 0.25) is 0 Å². The van der Waals surface area contributed by atoms with Gasteiger partial charge in [-0.25, -0.2) is 8.42 Å². The summed E-state index contributed by atoms with van der Waals surface area (Å²) >= 11 is 4.94. The molecule has 0 aliphatic carbocycles.